The fraction of sp³-hybridized carbons (Fsp3) is 0.786. The Labute approximate surface area is 114 Å². The minimum absolute atomic E-state index is 0.0839. The summed E-state index contributed by atoms with van der Waals surface area (Å²) < 4.78 is 0. The predicted molar refractivity (Wildman–Crippen MR) is 76.2 cm³/mol. The highest BCUT2D eigenvalue weighted by molar-refractivity contribution is 7.09. The lowest BCUT2D eigenvalue weighted by atomic mass is 9.86. The molecule has 100 valence electrons. The van der Waals surface area contributed by atoms with Gasteiger partial charge in [-0.2, -0.15) is 0 Å². The van der Waals surface area contributed by atoms with Gasteiger partial charge in [-0.15, -0.1) is 11.3 Å². The second-order valence-corrected chi connectivity index (χ2v) is 6.88. The largest absolute Gasteiger partial charge is 0.314 e. The summed E-state index contributed by atoms with van der Waals surface area (Å²) >= 11 is 1.87. The predicted octanol–water partition coefficient (Wildman–Crippen LogP) is 2.55. The number of aromatic nitrogens is 1. The van der Waals surface area contributed by atoms with E-state index in [-0.39, 0.29) is 5.54 Å². The number of nitrogens with one attached hydrogen (secondary N) is 1. The molecule has 2 heterocycles. The van der Waals surface area contributed by atoms with Crippen molar-refractivity contribution < 1.29 is 0 Å². The Morgan fingerprint density at radius 3 is 2.67 bits per heavy atom. The molecule has 1 saturated carbocycles. The zero-order chi connectivity index (χ0) is 12.6. The molecule has 0 spiro atoms. The van der Waals surface area contributed by atoms with Crippen molar-refractivity contribution in [3.63, 3.8) is 0 Å². The first-order valence-electron chi connectivity index (χ1n) is 7.09. The Hall–Kier alpha value is -0.450. The summed E-state index contributed by atoms with van der Waals surface area (Å²) in [6.07, 6.45) is 4.09. The molecule has 2 fully saturated rings. The number of hydrogen-bond donors (Lipinski definition) is 1. The molecule has 4 heteroatoms. The van der Waals surface area contributed by atoms with Crippen LogP contribution in [0.25, 0.3) is 0 Å². The molecule has 0 atom stereocenters. The second kappa shape index (κ2) is 4.91. The summed E-state index contributed by atoms with van der Waals surface area (Å²) in [6.45, 7) is 9.09. The van der Waals surface area contributed by atoms with Gasteiger partial charge in [0.2, 0.25) is 0 Å². The molecule has 3 nitrogen and oxygen atoms in total. The Bertz CT molecular complexity index is 403. The van der Waals surface area contributed by atoms with Gasteiger partial charge in [-0.25, -0.2) is 4.98 Å². The quantitative estimate of drug-likeness (QED) is 0.910. The Morgan fingerprint density at radius 1 is 1.33 bits per heavy atom. The van der Waals surface area contributed by atoms with E-state index < -0.39 is 0 Å². The van der Waals surface area contributed by atoms with Gasteiger partial charge in [0.25, 0.3) is 0 Å². The van der Waals surface area contributed by atoms with E-state index in [4.69, 9.17) is 4.98 Å². The highest BCUT2D eigenvalue weighted by Crippen LogP contribution is 2.39. The van der Waals surface area contributed by atoms with Gasteiger partial charge in [0, 0.05) is 37.5 Å². The van der Waals surface area contributed by atoms with E-state index >= 15 is 0 Å². The molecular formula is C14H23N3S. The fourth-order valence-corrected chi connectivity index (χ4v) is 3.95. The van der Waals surface area contributed by atoms with Gasteiger partial charge in [-0.05, 0) is 26.7 Å². The van der Waals surface area contributed by atoms with E-state index in [9.17, 15) is 0 Å². The van der Waals surface area contributed by atoms with Crippen LogP contribution in [0.15, 0.2) is 5.38 Å². The number of nitrogens with zero attached hydrogens (tertiary/aromatic N) is 2. The lowest BCUT2D eigenvalue weighted by molar-refractivity contribution is 0.0991. The molecule has 0 aromatic carbocycles. The van der Waals surface area contributed by atoms with Crippen molar-refractivity contribution >= 4 is 11.3 Å². The van der Waals surface area contributed by atoms with Crippen molar-refractivity contribution in [2.75, 3.05) is 26.2 Å². The highest BCUT2D eigenvalue weighted by Gasteiger charge is 2.33. The molecule has 3 rings (SSSR count). The minimum atomic E-state index is 0.0839. The van der Waals surface area contributed by atoms with Crippen molar-refractivity contribution in [1.29, 1.82) is 0 Å². The molecule has 2 aliphatic rings. The Morgan fingerprint density at radius 2 is 2.06 bits per heavy atom. The first-order chi connectivity index (χ1) is 8.68. The van der Waals surface area contributed by atoms with Crippen LogP contribution in [-0.2, 0) is 5.54 Å². The van der Waals surface area contributed by atoms with E-state index in [0.717, 1.165) is 32.1 Å². The Kier molecular flexibility index (Phi) is 3.43. The smallest absolute Gasteiger partial charge is 0.0960 e. The second-order valence-electron chi connectivity index (χ2n) is 5.99. The topological polar surface area (TPSA) is 28.2 Å². The van der Waals surface area contributed by atoms with Gasteiger partial charge in [0.15, 0.2) is 0 Å². The van der Waals surface area contributed by atoms with Crippen molar-refractivity contribution in [1.82, 2.24) is 15.2 Å². The van der Waals surface area contributed by atoms with Crippen LogP contribution in [0.5, 0.6) is 0 Å². The summed E-state index contributed by atoms with van der Waals surface area (Å²) in [5.74, 6) is 0.766. The average molecular weight is 265 g/mol. The van der Waals surface area contributed by atoms with Crippen LogP contribution in [0.3, 0.4) is 0 Å². The summed E-state index contributed by atoms with van der Waals surface area (Å²) in [4.78, 5) is 7.49. The summed E-state index contributed by atoms with van der Waals surface area (Å²) in [5, 5.41) is 7.08. The maximum absolute atomic E-state index is 4.94. The van der Waals surface area contributed by atoms with E-state index in [0.29, 0.717) is 0 Å². The molecule has 1 saturated heterocycles. The van der Waals surface area contributed by atoms with Crippen LogP contribution >= 0.6 is 11.3 Å². The molecule has 1 N–H and O–H groups in total. The highest BCUT2D eigenvalue weighted by atomic mass is 32.1. The summed E-state index contributed by atoms with van der Waals surface area (Å²) in [7, 11) is 0. The molecule has 1 aliphatic heterocycles. The number of piperazine rings is 1. The zero-order valence-electron chi connectivity index (χ0n) is 11.4. The molecule has 1 aliphatic carbocycles. The van der Waals surface area contributed by atoms with Gasteiger partial charge in [0.1, 0.15) is 0 Å². The van der Waals surface area contributed by atoms with Crippen LogP contribution in [0.4, 0.5) is 0 Å². The summed E-state index contributed by atoms with van der Waals surface area (Å²) in [5.41, 5.74) is 1.36. The number of hydrogen-bond acceptors (Lipinski definition) is 4. The first kappa shape index (κ1) is 12.6. The molecule has 1 aromatic heterocycles. The van der Waals surface area contributed by atoms with Crippen LogP contribution in [0, 0.1) is 0 Å². The van der Waals surface area contributed by atoms with E-state index in [1.165, 1.54) is 30.0 Å². The monoisotopic (exact) mass is 265 g/mol. The van der Waals surface area contributed by atoms with E-state index in [1.54, 1.807) is 0 Å². The maximum Gasteiger partial charge on any atom is 0.0960 e. The fourth-order valence-electron chi connectivity index (χ4n) is 2.80. The summed E-state index contributed by atoms with van der Waals surface area (Å²) in [6, 6.07) is 0. The lowest BCUT2D eigenvalue weighted by Gasteiger charge is -2.40. The van der Waals surface area contributed by atoms with Gasteiger partial charge >= 0.3 is 0 Å². The Balaban J connectivity index is 1.76. The van der Waals surface area contributed by atoms with Crippen LogP contribution in [0.2, 0.25) is 0 Å². The van der Waals surface area contributed by atoms with Crippen molar-refractivity contribution in [2.45, 2.75) is 44.6 Å². The average Bonchev–Trinajstić information content (AvgIpc) is 2.78. The number of rotatable bonds is 3. The van der Waals surface area contributed by atoms with Crippen molar-refractivity contribution in [3.05, 3.63) is 16.1 Å². The number of thiazole rings is 1. The van der Waals surface area contributed by atoms with Crippen LogP contribution < -0.4 is 5.32 Å². The standard InChI is InChI=1S/C14H23N3S/c1-14(2,17-8-6-15-7-9-17)12-10-18-13(16-12)11-4-3-5-11/h10-11,15H,3-9H2,1-2H3. The van der Waals surface area contributed by atoms with Crippen molar-refractivity contribution in [3.8, 4) is 0 Å². The first-order valence-corrected chi connectivity index (χ1v) is 7.97. The van der Waals surface area contributed by atoms with Gasteiger partial charge in [-0.1, -0.05) is 6.42 Å². The van der Waals surface area contributed by atoms with Crippen LogP contribution in [0.1, 0.15) is 49.7 Å². The molecule has 0 amide bonds. The normalized spacial score (nSPS) is 23.0. The molecule has 0 radical (unpaired) electrons. The molecule has 18 heavy (non-hydrogen) atoms. The lowest BCUT2D eigenvalue weighted by Crippen LogP contribution is -2.51. The molecule has 0 unspecified atom stereocenters. The van der Waals surface area contributed by atoms with Crippen molar-refractivity contribution in [2.24, 2.45) is 0 Å². The SMILES string of the molecule is CC(C)(c1csc(C2CCC2)n1)N1CCNCC1. The zero-order valence-corrected chi connectivity index (χ0v) is 12.2. The molecule has 0 bridgehead atoms. The third kappa shape index (κ3) is 2.22. The third-order valence-corrected chi connectivity index (χ3v) is 5.52. The third-order valence-electron chi connectivity index (χ3n) is 4.51. The maximum atomic E-state index is 4.94. The van der Waals surface area contributed by atoms with Gasteiger partial charge in [-0.3, -0.25) is 4.90 Å². The van der Waals surface area contributed by atoms with E-state index in [2.05, 4.69) is 29.4 Å². The molecule has 1 aromatic rings. The van der Waals surface area contributed by atoms with Gasteiger partial charge in [0.05, 0.1) is 16.2 Å². The van der Waals surface area contributed by atoms with Crippen LogP contribution in [-0.4, -0.2) is 36.1 Å². The molecular weight excluding hydrogens is 242 g/mol. The minimum Gasteiger partial charge on any atom is -0.314 e. The van der Waals surface area contributed by atoms with E-state index in [1.807, 2.05) is 11.3 Å². The van der Waals surface area contributed by atoms with Gasteiger partial charge < -0.3 is 5.32 Å².